The molecular weight excluding hydrogens is 751 g/mol. The minimum absolute atomic E-state index is 0.497. The smallest absolute Gasteiger partial charge is 0.164 e. The van der Waals surface area contributed by atoms with Gasteiger partial charge in [-0.2, -0.15) is 0 Å². The van der Waals surface area contributed by atoms with E-state index in [-0.39, 0.29) is 0 Å². The van der Waals surface area contributed by atoms with Gasteiger partial charge < -0.3 is 0 Å². The van der Waals surface area contributed by atoms with Crippen LogP contribution < -0.4 is 0 Å². The number of benzene rings is 7. The Labute approximate surface area is 352 Å². The van der Waals surface area contributed by atoms with Gasteiger partial charge in [0.05, 0.1) is 0 Å². The molecule has 0 saturated heterocycles. The van der Waals surface area contributed by atoms with E-state index in [9.17, 15) is 0 Å². The van der Waals surface area contributed by atoms with E-state index in [4.69, 9.17) is 39.9 Å². The number of hydrogen-bond acceptors (Lipinski definition) is 9. The minimum atomic E-state index is 0.497. The molecule has 0 radical (unpaired) electrons. The maximum atomic E-state index is 5.19. The number of aromatic nitrogens is 9. The predicted octanol–water partition coefficient (Wildman–Crippen LogP) is 11.6. The highest BCUT2D eigenvalue weighted by atomic mass is 15.1. The molecule has 9 heteroatoms. The lowest BCUT2D eigenvalue weighted by Crippen LogP contribution is -2.02. The Morgan fingerprint density at radius 1 is 0.197 bits per heavy atom. The quantitative estimate of drug-likeness (QED) is 0.141. The van der Waals surface area contributed by atoms with Crippen molar-refractivity contribution in [1.29, 1.82) is 0 Å². The highest BCUT2D eigenvalue weighted by molar-refractivity contribution is 5.80. The third kappa shape index (κ3) is 8.04. The number of hydrogen-bond donors (Lipinski definition) is 0. The van der Waals surface area contributed by atoms with E-state index >= 15 is 0 Å². The van der Waals surface area contributed by atoms with Gasteiger partial charge in [0, 0.05) is 44.5 Å². The van der Waals surface area contributed by atoms with Crippen LogP contribution in [0.25, 0.3) is 102 Å². The summed E-state index contributed by atoms with van der Waals surface area (Å²) >= 11 is 0. The molecule has 0 fully saturated rings. The molecular formula is C52H35N9. The van der Waals surface area contributed by atoms with Crippen molar-refractivity contribution >= 4 is 0 Å². The van der Waals surface area contributed by atoms with Crippen molar-refractivity contribution in [3.05, 3.63) is 200 Å². The summed E-state index contributed by atoms with van der Waals surface area (Å²) < 4.78 is 0. The molecule has 3 heterocycles. The average Bonchev–Trinajstić information content (AvgIpc) is 3.35. The summed E-state index contributed by atoms with van der Waals surface area (Å²) in [4.78, 5) is 44.7. The fraction of sp³-hybridized carbons (Fsp3) is 0.0192. The Morgan fingerprint density at radius 3 is 0.787 bits per heavy atom. The van der Waals surface area contributed by atoms with Crippen LogP contribution in [0.3, 0.4) is 0 Å². The van der Waals surface area contributed by atoms with Crippen LogP contribution >= 0.6 is 0 Å². The van der Waals surface area contributed by atoms with E-state index in [0.717, 1.165) is 55.6 Å². The van der Waals surface area contributed by atoms with E-state index in [1.165, 1.54) is 0 Å². The summed E-state index contributed by atoms with van der Waals surface area (Å²) in [6, 6.07) is 64.3. The first-order valence-corrected chi connectivity index (χ1v) is 19.9. The summed E-state index contributed by atoms with van der Waals surface area (Å²) in [6.45, 7) is 1.88. The predicted molar refractivity (Wildman–Crippen MR) is 240 cm³/mol. The highest BCUT2D eigenvalue weighted by Crippen LogP contribution is 2.34. The third-order valence-electron chi connectivity index (χ3n) is 10.1. The lowest BCUT2D eigenvalue weighted by atomic mass is 9.98. The highest BCUT2D eigenvalue weighted by Gasteiger charge is 2.19. The normalized spacial score (nSPS) is 11.0. The number of aryl methyl sites for hydroxylation is 1. The van der Waals surface area contributed by atoms with Gasteiger partial charge in [-0.1, -0.05) is 170 Å². The van der Waals surface area contributed by atoms with Crippen LogP contribution in [0, 0.1) is 6.92 Å². The van der Waals surface area contributed by atoms with E-state index in [0.29, 0.717) is 52.4 Å². The van der Waals surface area contributed by atoms with Gasteiger partial charge in [0.1, 0.15) is 5.82 Å². The molecule has 10 rings (SSSR count). The topological polar surface area (TPSA) is 116 Å². The standard InChI is InChI=1S/C52H35N9/c1-34-53-45(36-20-9-3-10-21-36)55-49(54-34)40-28-17-29-41(30-40)50-57-48(39-26-15-6-16-27-39)60-52(61-50)44-32-42(35-18-7-2-8-19-35)31-43(33-44)51-58-46(37-22-11-4-12-23-37)56-47(59-51)38-24-13-5-14-25-38/h2-33H,1H3. The molecule has 0 saturated carbocycles. The van der Waals surface area contributed by atoms with Gasteiger partial charge in [-0.15, -0.1) is 0 Å². The molecule has 0 aliphatic heterocycles. The molecule has 0 aliphatic rings. The molecule has 10 aromatic rings. The first-order valence-electron chi connectivity index (χ1n) is 19.9. The SMILES string of the molecule is Cc1nc(-c2ccccc2)nc(-c2cccc(-c3nc(-c4ccccc4)nc(-c4cc(-c5ccccc5)cc(-c5nc(-c6ccccc6)nc(-c6ccccc6)n5)c4)n3)c2)n1. The van der Waals surface area contributed by atoms with E-state index in [1.807, 2.05) is 177 Å². The van der Waals surface area contributed by atoms with Crippen LogP contribution in [0.2, 0.25) is 0 Å². The van der Waals surface area contributed by atoms with Crippen molar-refractivity contribution in [3.8, 4) is 102 Å². The molecule has 7 aromatic carbocycles. The Morgan fingerprint density at radius 2 is 0.426 bits per heavy atom. The van der Waals surface area contributed by atoms with Gasteiger partial charge in [-0.3, -0.25) is 0 Å². The fourth-order valence-electron chi connectivity index (χ4n) is 7.10. The fourth-order valence-corrected chi connectivity index (χ4v) is 7.10. The lowest BCUT2D eigenvalue weighted by molar-refractivity contribution is 0.992. The summed E-state index contributed by atoms with van der Waals surface area (Å²) in [5.41, 5.74) is 8.72. The Hall–Kier alpha value is -8.43. The van der Waals surface area contributed by atoms with Gasteiger partial charge >= 0.3 is 0 Å². The van der Waals surface area contributed by atoms with Gasteiger partial charge in [0.2, 0.25) is 0 Å². The number of nitrogens with zero attached hydrogens (tertiary/aromatic N) is 9. The zero-order chi connectivity index (χ0) is 41.0. The van der Waals surface area contributed by atoms with Crippen molar-refractivity contribution in [1.82, 2.24) is 44.9 Å². The van der Waals surface area contributed by atoms with E-state index in [1.54, 1.807) is 0 Å². The van der Waals surface area contributed by atoms with Crippen LogP contribution in [0.1, 0.15) is 5.82 Å². The molecule has 0 atom stereocenters. The van der Waals surface area contributed by atoms with Gasteiger partial charge in [0.25, 0.3) is 0 Å². The van der Waals surface area contributed by atoms with Crippen LogP contribution in [0.4, 0.5) is 0 Å². The summed E-state index contributed by atoms with van der Waals surface area (Å²) in [7, 11) is 0. The molecule has 0 unspecified atom stereocenters. The summed E-state index contributed by atoms with van der Waals surface area (Å²) in [5, 5.41) is 0. The first-order chi connectivity index (χ1) is 30.1. The van der Waals surface area contributed by atoms with E-state index in [2.05, 4.69) is 29.2 Å². The first kappa shape index (κ1) is 36.9. The maximum absolute atomic E-state index is 5.19. The van der Waals surface area contributed by atoms with Crippen LogP contribution in [-0.2, 0) is 0 Å². The zero-order valence-electron chi connectivity index (χ0n) is 33.0. The molecule has 61 heavy (non-hydrogen) atoms. The minimum Gasteiger partial charge on any atom is -0.213 e. The molecule has 0 spiro atoms. The van der Waals surface area contributed by atoms with Crippen LogP contribution in [0.5, 0.6) is 0 Å². The van der Waals surface area contributed by atoms with Crippen molar-refractivity contribution in [2.45, 2.75) is 6.92 Å². The molecule has 0 aliphatic carbocycles. The maximum Gasteiger partial charge on any atom is 0.164 e. The van der Waals surface area contributed by atoms with E-state index < -0.39 is 0 Å². The van der Waals surface area contributed by atoms with Crippen molar-refractivity contribution in [3.63, 3.8) is 0 Å². The van der Waals surface area contributed by atoms with Gasteiger partial charge in [0.15, 0.2) is 46.6 Å². The summed E-state index contributed by atoms with van der Waals surface area (Å²) in [6.07, 6.45) is 0. The van der Waals surface area contributed by atoms with Crippen LogP contribution in [0.15, 0.2) is 194 Å². The average molecular weight is 786 g/mol. The van der Waals surface area contributed by atoms with Crippen molar-refractivity contribution in [2.75, 3.05) is 0 Å². The third-order valence-corrected chi connectivity index (χ3v) is 10.1. The molecule has 288 valence electrons. The van der Waals surface area contributed by atoms with Gasteiger partial charge in [-0.25, -0.2) is 44.9 Å². The Balaban J connectivity index is 1.15. The van der Waals surface area contributed by atoms with Crippen molar-refractivity contribution in [2.24, 2.45) is 0 Å². The molecule has 0 N–H and O–H groups in total. The monoisotopic (exact) mass is 785 g/mol. The molecule has 3 aromatic heterocycles. The summed E-state index contributed by atoms with van der Waals surface area (Å²) in [5.74, 6) is 5.03. The Kier molecular flexibility index (Phi) is 9.94. The second kappa shape index (κ2) is 16.4. The number of rotatable bonds is 9. The van der Waals surface area contributed by atoms with Crippen molar-refractivity contribution < 1.29 is 0 Å². The Bertz CT molecular complexity index is 3070. The largest absolute Gasteiger partial charge is 0.213 e. The zero-order valence-corrected chi connectivity index (χ0v) is 33.0. The molecule has 0 amide bonds. The lowest BCUT2D eigenvalue weighted by Gasteiger charge is -2.13. The molecule has 0 bridgehead atoms. The molecule has 9 nitrogen and oxygen atoms in total. The van der Waals surface area contributed by atoms with Crippen LogP contribution in [-0.4, -0.2) is 44.9 Å². The van der Waals surface area contributed by atoms with Gasteiger partial charge in [-0.05, 0) is 42.3 Å². The second-order valence-electron chi connectivity index (χ2n) is 14.4. The second-order valence-corrected chi connectivity index (χ2v) is 14.4.